The van der Waals surface area contributed by atoms with E-state index in [1.165, 1.54) is 17.7 Å². The second-order valence-corrected chi connectivity index (χ2v) is 4.36. The first kappa shape index (κ1) is 11.7. The summed E-state index contributed by atoms with van der Waals surface area (Å²) in [5, 5.41) is 17.1. The van der Waals surface area contributed by atoms with Crippen molar-refractivity contribution >= 4 is 17.3 Å². The van der Waals surface area contributed by atoms with Crippen molar-refractivity contribution in [3.8, 4) is 0 Å². The summed E-state index contributed by atoms with van der Waals surface area (Å²) in [4.78, 5) is 15.5. The zero-order valence-corrected chi connectivity index (χ0v) is 9.74. The number of aromatic carboxylic acids is 1. The molecule has 6 nitrogen and oxygen atoms in total. The van der Waals surface area contributed by atoms with Gasteiger partial charge in [-0.15, -0.1) is 11.3 Å². The molecule has 0 atom stereocenters. The summed E-state index contributed by atoms with van der Waals surface area (Å²) in [7, 11) is 0. The number of rotatable bonds is 6. The Morgan fingerprint density at radius 3 is 3.12 bits per heavy atom. The molecule has 2 N–H and O–H groups in total. The van der Waals surface area contributed by atoms with Gasteiger partial charge in [-0.1, -0.05) is 5.16 Å². The van der Waals surface area contributed by atoms with Gasteiger partial charge < -0.3 is 14.9 Å². The lowest BCUT2D eigenvalue weighted by atomic mass is 10.3. The Labute approximate surface area is 101 Å². The molecular weight excluding hydrogens is 242 g/mol. The first-order valence-electron chi connectivity index (χ1n) is 5.02. The Hall–Kier alpha value is -1.73. The van der Waals surface area contributed by atoms with Crippen LogP contribution in [0.3, 0.4) is 0 Å². The van der Waals surface area contributed by atoms with E-state index in [-0.39, 0.29) is 0 Å². The molecule has 7 heteroatoms. The van der Waals surface area contributed by atoms with E-state index in [1.807, 2.05) is 0 Å². The highest BCUT2D eigenvalue weighted by Crippen LogP contribution is 2.14. The maximum absolute atomic E-state index is 10.7. The average molecular weight is 253 g/mol. The minimum atomic E-state index is -0.890. The molecule has 0 radical (unpaired) electrons. The Balaban J connectivity index is 1.72. The number of aromatic nitrogens is 2. The number of thiophene rings is 1. The summed E-state index contributed by atoms with van der Waals surface area (Å²) >= 11 is 1.43. The monoisotopic (exact) mass is 253 g/mol. The van der Waals surface area contributed by atoms with Crippen LogP contribution in [-0.2, 0) is 13.0 Å². The molecule has 2 aromatic rings. The molecule has 0 bridgehead atoms. The minimum absolute atomic E-state index is 0.337. The number of carbonyl (C=O) groups is 1. The van der Waals surface area contributed by atoms with E-state index in [0.29, 0.717) is 31.0 Å². The van der Waals surface area contributed by atoms with Crippen molar-refractivity contribution in [1.82, 2.24) is 15.5 Å². The van der Waals surface area contributed by atoms with E-state index >= 15 is 0 Å². The second-order valence-electron chi connectivity index (χ2n) is 3.37. The van der Waals surface area contributed by atoms with Crippen LogP contribution in [0, 0.1) is 0 Å². The van der Waals surface area contributed by atoms with E-state index in [4.69, 9.17) is 9.63 Å². The normalized spacial score (nSPS) is 10.6. The summed E-state index contributed by atoms with van der Waals surface area (Å²) < 4.78 is 4.85. The fourth-order valence-corrected chi connectivity index (χ4v) is 2.13. The maximum Gasteiger partial charge on any atom is 0.336 e. The highest BCUT2D eigenvalue weighted by Gasteiger charge is 2.06. The zero-order valence-electron chi connectivity index (χ0n) is 8.92. The summed E-state index contributed by atoms with van der Waals surface area (Å²) in [5.74, 6) is -0.298. The quantitative estimate of drug-likeness (QED) is 0.751. The van der Waals surface area contributed by atoms with Crippen LogP contribution < -0.4 is 5.32 Å². The fourth-order valence-electron chi connectivity index (χ4n) is 1.30. The molecule has 0 aliphatic rings. The van der Waals surface area contributed by atoms with Crippen LogP contribution in [0.2, 0.25) is 0 Å². The second kappa shape index (κ2) is 5.55. The highest BCUT2D eigenvalue weighted by molar-refractivity contribution is 7.10. The van der Waals surface area contributed by atoms with Crippen LogP contribution in [0.4, 0.5) is 0 Å². The van der Waals surface area contributed by atoms with Crippen LogP contribution in [0.25, 0.3) is 0 Å². The van der Waals surface area contributed by atoms with E-state index in [2.05, 4.69) is 15.5 Å². The Bertz CT molecular complexity index is 481. The average Bonchev–Trinajstić information content (AvgIpc) is 2.96. The third-order valence-corrected chi connectivity index (χ3v) is 3.06. The Kier molecular flexibility index (Phi) is 3.84. The van der Waals surface area contributed by atoms with Gasteiger partial charge in [0.2, 0.25) is 5.89 Å². The predicted molar refractivity (Wildman–Crippen MR) is 61.0 cm³/mol. The first-order chi connectivity index (χ1) is 8.25. The van der Waals surface area contributed by atoms with Crippen molar-refractivity contribution < 1.29 is 14.4 Å². The van der Waals surface area contributed by atoms with Gasteiger partial charge in [0.1, 0.15) is 0 Å². The summed E-state index contributed by atoms with van der Waals surface area (Å²) in [5.41, 5.74) is 0.337. The SMILES string of the molecule is O=C(O)c1csc(CNCCc2ncno2)c1. The molecule has 0 saturated heterocycles. The van der Waals surface area contributed by atoms with Gasteiger partial charge in [-0.2, -0.15) is 4.98 Å². The van der Waals surface area contributed by atoms with Crippen molar-refractivity contribution in [2.24, 2.45) is 0 Å². The van der Waals surface area contributed by atoms with Crippen molar-refractivity contribution in [3.05, 3.63) is 34.1 Å². The Morgan fingerprint density at radius 2 is 2.47 bits per heavy atom. The number of nitrogens with one attached hydrogen (secondary N) is 1. The van der Waals surface area contributed by atoms with Gasteiger partial charge in [-0.3, -0.25) is 0 Å². The van der Waals surface area contributed by atoms with Gasteiger partial charge in [0.05, 0.1) is 5.56 Å². The molecule has 0 spiro atoms. The molecule has 0 aliphatic carbocycles. The molecule has 0 aromatic carbocycles. The number of carboxylic acids is 1. The third-order valence-electron chi connectivity index (χ3n) is 2.12. The van der Waals surface area contributed by atoms with Crippen molar-refractivity contribution in [3.63, 3.8) is 0 Å². The van der Waals surface area contributed by atoms with E-state index in [9.17, 15) is 4.79 Å². The molecule has 2 rings (SSSR count). The number of carboxylic acid groups (broad SMARTS) is 1. The van der Waals surface area contributed by atoms with Gasteiger partial charge in [0.15, 0.2) is 6.33 Å². The van der Waals surface area contributed by atoms with Crippen molar-refractivity contribution in [2.45, 2.75) is 13.0 Å². The lowest BCUT2D eigenvalue weighted by Gasteiger charge is -1.99. The summed E-state index contributed by atoms with van der Waals surface area (Å²) in [6.07, 6.45) is 2.03. The minimum Gasteiger partial charge on any atom is -0.478 e. The molecule has 2 aromatic heterocycles. The molecule has 2 heterocycles. The molecule has 0 saturated carbocycles. The zero-order chi connectivity index (χ0) is 12.1. The number of hydrogen-bond donors (Lipinski definition) is 2. The predicted octanol–water partition coefficient (Wildman–Crippen LogP) is 1.16. The van der Waals surface area contributed by atoms with Crippen LogP contribution >= 0.6 is 11.3 Å². The molecule has 0 fully saturated rings. The van der Waals surface area contributed by atoms with Crippen molar-refractivity contribution in [2.75, 3.05) is 6.54 Å². The summed E-state index contributed by atoms with van der Waals surface area (Å²) in [6, 6.07) is 1.67. The smallest absolute Gasteiger partial charge is 0.336 e. The van der Waals surface area contributed by atoms with Gasteiger partial charge in [0, 0.05) is 29.8 Å². The van der Waals surface area contributed by atoms with Crippen molar-refractivity contribution in [1.29, 1.82) is 0 Å². The molecule has 17 heavy (non-hydrogen) atoms. The van der Waals surface area contributed by atoms with Crippen LogP contribution in [-0.4, -0.2) is 27.8 Å². The van der Waals surface area contributed by atoms with Crippen LogP contribution in [0.15, 0.2) is 22.3 Å². The lowest BCUT2D eigenvalue weighted by molar-refractivity contribution is 0.0697. The molecule has 0 unspecified atom stereocenters. The van der Waals surface area contributed by atoms with Crippen LogP contribution in [0.5, 0.6) is 0 Å². The first-order valence-corrected chi connectivity index (χ1v) is 5.90. The molecule has 0 amide bonds. The maximum atomic E-state index is 10.7. The highest BCUT2D eigenvalue weighted by atomic mass is 32.1. The number of hydrogen-bond acceptors (Lipinski definition) is 6. The van der Waals surface area contributed by atoms with Gasteiger partial charge in [-0.25, -0.2) is 4.79 Å². The standard InChI is InChI=1S/C10H11N3O3S/c14-10(15)7-3-8(17-5-7)4-11-2-1-9-12-6-13-16-9/h3,5-6,11H,1-2,4H2,(H,14,15). The largest absolute Gasteiger partial charge is 0.478 e. The fraction of sp³-hybridized carbons (Fsp3) is 0.300. The molecule has 0 aliphatic heterocycles. The molecule has 90 valence electrons. The lowest BCUT2D eigenvalue weighted by Crippen LogP contribution is -2.16. The Morgan fingerprint density at radius 1 is 1.59 bits per heavy atom. The van der Waals surface area contributed by atoms with Crippen LogP contribution in [0.1, 0.15) is 21.1 Å². The van der Waals surface area contributed by atoms with Gasteiger partial charge in [0.25, 0.3) is 0 Å². The topological polar surface area (TPSA) is 88.2 Å². The molecular formula is C10H11N3O3S. The third kappa shape index (κ3) is 3.36. The van der Waals surface area contributed by atoms with E-state index in [0.717, 1.165) is 4.88 Å². The number of nitrogens with zero attached hydrogens (tertiary/aromatic N) is 2. The van der Waals surface area contributed by atoms with E-state index in [1.54, 1.807) is 11.4 Å². The van der Waals surface area contributed by atoms with E-state index < -0.39 is 5.97 Å². The summed E-state index contributed by atoms with van der Waals surface area (Å²) in [6.45, 7) is 1.36. The van der Waals surface area contributed by atoms with Gasteiger partial charge in [-0.05, 0) is 6.07 Å². The van der Waals surface area contributed by atoms with Gasteiger partial charge >= 0.3 is 5.97 Å².